The zero-order valence-corrected chi connectivity index (χ0v) is 19.8. The summed E-state index contributed by atoms with van der Waals surface area (Å²) < 4.78 is 0. The molecule has 3 N–H and O–H groups in total. The largest absolute Gasteiger partial charge is 0.391 e. The van der Waals surface area contributed by atoms with E-state index >= 15 is 0 Å². The number of Topliss-reactive ketones (excluding diaryl/α,β-unsaturated/α-hetero) is 2. The zero-order valence-electron chi connectivity index (χ0n) is 18.7. The van der Waals surface area contributed by atoms with Crippen LogP contribution in [-0.4, -0.2) is 64.8 Å². The van der Waals surface area contributed by atoms with E-state index in [4.69, 9.17) is 0 Å². The summed E-state index contributed by atoms with van der Waals surface area (Å²) in [5.41, 5.74) is -0.375. The van der Waals surface area contributed by atoms with E-state index in [-0.39, 0.29) is 47.4 Å². The first-order valence-electron chi connectivity index (χ1n) is 11.0. The van der Waals surface area contributed by atoms with E-state index in [2.05, 4.69) is 31.9 Å². The minimum Gasteiger partial charge on any atom is -0.391 e. The molecule has 30 heavy (non-hydrogen) atoms. The number of allylic oxidation sites excluding steroid dienone is 1. The number of amides is 1. The number of nitrogens with zero attached hydrogens (tertiary/aromatic N) is 1. The number of ketones is 2. The quantitative estimate of drug-likeness (QED) is 0.243. The van der Waals surface area contributed by atoms with Gasteiger partial charge in [0, 0.05) is 18.4 Å². The molecule has 0 aromatic heterocycles. The van der Waals surface area contributed by atoms with E-state index in [0.29, 0.717) is 6.42 Å². The molecule has 0 spiro atoms. The lowest BCUT2D eigenvalue weighted by molar-refractivity contribution is -0.139. The molecular weight excluding hydrogens is 401 g/mol. The summed E-state index contributed by atoms with van der Waals surface area (Å²) in [6.45, 7) is 5.16. The Morgan fingerprint density at radius 2 is 1.97 bits per heavy atom. The lowest BCUT2D eigenvalue weighted by atomic mass is 9.97. The van der Waals surface area contributed by atoms with Gasteiger partial charge in [-0.15, -0.1) is 0 Å². The maximum absolute atomic E-state index is 12.9. The lowest BCUT2D eigenvalue weighted by Gasteiger charge is -2.28. The highest BCUT2D eigenvalue weighted by Crippen LogP contribution is 2.46. The molecule has 1 aliphatic carbocycles. The summed E-state index contributed by atoms with van der Waals surface area (Å²) in [7, 11) is 4.22. The molecule has 1 aliphatic heterocycles. The number of β-amino-alcohol motifs (C(OH)–C–C–N with tert-alkyl or cyclic N) is 1. The number of likely N-dealkylation sites (tertiary alicyclic amines) is 1. The number of carbonyl (C=O) groups excluding carboxylic acids is 3. The van der Waals surface area contributed by atoms with Crippen LogP contribution in [0.15, 0.2) is 12.2 Å². The van der Waals surface area contributed by atoms with E-state index in [1.165, 1.54) is 6.92 Å². The van der Waals surface area contributed by atoms with Crippen molar-refractivity contribution in [1.29, 1.82) is 0 Å². The molecule has 1 amide bonds. The maximum Gasteiger partial charge on any atom is 0.240 e. The second-order valence-electron chi connectivity index (χ2n) is 8.86. The van der Waals surface area contributed by atoms with Crippen LogP contribution >= 0.6 is 9.39 Å². The summed E-state index contributed by atoms with van der Waals surface area (Å²) in [4.78, 5) is 38.2. The van der Waals surface area contributed by atoms with Gasteiger partial charge in [0.15, 0.2) is 11.6 Å². The molecule has 1 heterocycles. The first-order valence-corrected chi connectivity index (χ1v) is 11.6. The van der Waals surface area contributed by atoms with Gasteiger partial charge in [0.1, 0.15) is 0 Å². The number of hydrogen-bond acceptors (Lipinski definition) is 6. The van der Waals surface area contributed by atoms with Crippen molar-refractivity contribution in [2.45, 2.75) is 83.0 Å². The molecule has 0 aromatic carbocycles. The second kappa shape index (κ2) is 10.9. The molecule has 170 valence electrons. The number of nitrogens with one attached hydrogen (secondary N) is 2. The summed E-state index contributed by atoms with van der Waals surface area (Å²) in [5.74, 6) is 0.0640. The van der Waals surface area contributed by atoms with E-state index in [1.54, 1.807) is 18.9 Å². The van der Waals surface area contributed by atoms with Crippen molar-refractivity contribution in [1.82, 2.24) is 15.3 Å². The van der Waals surface area contributed by atoms with Gasteiger partial charge in [-0.1, -0.05) is 41.3 Å². The Kier molecular flexibility index (Phi) is 9.16. The number of unbranched alkanes of at least 4 members (excludes halogenated alkanes) is 3. The molecule has 0 bridgehead atoms. The SMILES string of the molecule is CN[C@@H](CCCCC/C=C/[C@@H]1C[C@]1(NP)C(C)=O)C(=O)N1C[C@H](O)C(C)[C@H]1C(C)=O. The summed E-state index contributed by atoms with van der Waals surface area (Å²) in [6.07, 6.45) is 9.12. The van der Waals surface area contributed by atoms with Crippen LogP contribution in [0, 0.1) is 11.8 Å². The van der Waals surface area contributed by atoms with Gasteiger partial charge in [0.05, 0.1) is 23.7 Å². The first-order chi connectivity index (χ1) is 14.2. The average molecular weight is 440 g/mol. The van der Waals surface area contributed by atoms with E-state index in [1.807, 2.05) is 6.92 Å². The molecule has 8 heteroatoms. The number of carbonyl (C=O) groups is 3. The molecule has 1 saturated carbocycles. The van der Waals surface area contributed by atoms with Gasteiger partial charge in [-0.05, 0) is 46.6 Å². The Labute approximate surface area is 182 Å². The number of aliphatic hydroxyl groups excluding tert-OH is 1. The maximum atomic E-state index is 12.9. The number of aliphatic hydroxyl groups is 1. The molecule has 2 aliphatic rings. The molecule has 0 aromatic rings. The van der Waals surface area contributed by atoms with E-state index in [9.17, 15) is 19.5 Å². The van der Waals surface area contributed by atoms with Crippen LogP contribution in [0.4, 0.5) is 0 Å². The van der Waals surface area contributed by atoms with Crippen LogP contribution in [0.25, 0.3) is 0 Å². The van der Waals surface area contributed by atoms with Gasteiger partial charge in [-0.2, -0.15) is 0 Å². The second-order valence-corrected chi connectivity index (χ2v) is 9.15. The Hall–Kier alpha value is -1.14. The van der Waals surface area contributed by atoms with Crippen LogP contribution in [0.2, 0.25) is 0 Å². The van der Waals surface area contributed by atoms with E-state index in [0.717, 1.165) is 32.1 Å². The van der Waals surface area contributed by atoms with Crippen molar-refractivity contribution in [2.24, 2.45) is 11.8 Å². The normalized spacial score (nSPS) is 31.9. The minimum atomic E-state index is -0.651. The van der Waals surface area contributed by atoms with Crippen molar-refractivity contribution >= 4 is 26.9 Å². The summed E-state index contributed by atoms with van der Waals surface area (Å²) in [6, 6.07) is -0.871. The third kappa shape index (κ3) is 5.56. The fraction of sp³-hybridized carbons (Fsp3) is 0.773. The molecule has 2 unspecified atom stereocenters. The monoisotopic (exact) mass is 439 g/mol. The summed E-state index contributed by atoms with van der Waals surface area (Å²) in [5, 5.41) is 16.3. The van der Waals surface area contributed by atoms with Gasteiger partial charge in [0.2, 0.25) is 5.91 Å². The highest BCUT2D eigenvalue weighted by atomic mass is 31.0. The van der Waals surface area contributed by atoms with Gasteiger partial charge in [-0.25, -0.2) is 0 Å². The van der Waals surface area contributed by atoms with Crippen molar-refractivity contribution < 1.29 is 19.5 Å². The Morgan fingerprint density at radius 1 is 1.27 bits per heavy atom. The standard InChI is InChI=1S/C22H38N3O4P/c1-14-19(28)13-25(20(14)15(2)26)21(29)18(23-4)11-9-7-5-6-8-10-17-12-22(17,24-30)16(3)27/h8,10,14,17-20,23-24,28H,5-7,9,11-13,30H2,1-4H3/b10-8+/t14?,17-,18+,19+,20+,22+/m1/s1. The smallest absolute Gasteiger partial charge is 0.240 e. The van der Waals surface area contributed by atoms with Crippen LogP contribution < -0.4 is 10.4 Å². The predicted octanol–water partition coefficient (Wildman–Crippen LogP) is 1.61. The first kappa shape index (κ1) is 25.1. The van der Waals surface area contributed by atoms with Gasteiger partial charge < -0.3 is 15.3 Å². The molecular formula is C22H38N3O4P. The molecule has 2 rings (SSSR count). The highest BCUT2D eigenvalue weighted by Gasteiger charge is 2.55. The third-order valence-corrected chi connectivity index (χ3v) is 7.32. The van der Waals surface area contributed by atoms with Crippen molar-refractivity contribution in [2.75, 3.05) is 13.6 Å². The van der Waals surface area contributed by atoms with Crippen molar-refractivity contribution in [3.63, 3.8) is 0 Å². The number of hydrogen-bond donors (Lipinski definition) is 3. The van der Waals surface area contributed by atoms with Crippen molar-refractivity contribution in [3.05, 3.63) is 12.2 Å². The summed E-state index contributed by atoms with van der Waals surface area (Å²) >= 11 is 0. The molecule has 0 radical (unpaired) electrons. The molecule has 2 fully saturated rings. The molecule has 7 atom stereocenters. The topological polar surface area (TPSA) is 98.7 Å². The van der Waals surface area contributed by atoms with Gasteiger partial charge in [-0.3, -0.25) is 19.5 Å². The Morgan fingerprint density at radius 3 is 2.50 bits per heavy atom. The Bertz CT molecular complexity index is 671. The van der Waals surface area contributed by atoms with Gasteiger partial charge >= 0.3 is 0 Å². The zero-order chi connectivity index (χ0) is 22.5. The van der Waals surface area contributed by atoms with Crippen LogP contribution in [-0.2, 0) is 14.4 Å². The fourth-order valence-electron chi connectivity index (χ4n) is 4.62. The minimum absolute atomic E-state index is 0.0737. The number of likely N-dealkylation sites (N-methyl/N-ethyl adjacent to an activating group) is 1. The van der Waals surface area contributed by atoms with E-state index < -0.39 is 12.1 Å². The number of rotatable bonds is 12. The molecule has 7 nitrogen and oxygen atoms in total. The highest BCUT2D eigenvalue weighted by molar-refractivity contribution is 7.14. The van der Waals surface area contributed by atoms with Crippen LogP contribution in [0.3, 0.4) is 0 Å². The third-order valence-electron chi connectivity index (χ3n) is 6.80. The van der Waals surface area contributed by atoms with Crippen LogP contribution in [0.1, 0.15) is 59.3 Å². The molecule has 1 saturated heterocycles. The average Bonchev–Trinajstić information content (AvgIpc) is 3.35. The van der Waals surface area contributed by atoms with Crippen molar-refractivity contribution in [3.8, 4) is 0 Å². The fourth-order valence-corrected chi connectivity index (χ4v) is 5.16. The lowest BCUT2D eigenvalue weighted by Crippen LogP contribution is -2.50. The predicted molar refractivity (Wildman–Crippen MR) is 121 cm³/mol. The van der Waals surface area contributed by atoms with Crippen LogP contribution in [0.5, 0.6) is 0 Å². The Balaban J connectivity index is 1.72. The van der Waals surface area contributed by atoms with Gasteiger partial charge in [0.25, 0.3) is 0 Å².